The molecule has 12 nitrogen and oxygen atoms in total. The van der Waals surface area contributed by atoms with Crippen LogP contribution in [0.25, 0.3) is 16.6 Å². The molecule has 1 unspecified atom stereocenters. The molecule has 2 amide bonds. The summed E-state index contributed by atoms with van der Waals surface area (Å²) < 4.78 is 7.42. The zero-order valence-electron chi connectivity index (χ0n) is 26.0. The Hall–Kier alpha value is -4.37. The predicted octanol–water partition coefficient (Wildman–Crippen LogP) is 3.71. The van der Waals surface area contributed by atoms with Crippen LogP contribution in [0.15, 0.2) is 36.8 Å². The fourth-order valence-corrected chi connectivity index (χ4v) is 6.27. The number of anilines is 1. The van der Waals surface area contributed by atoms with Crippen molar-refractivity contribution in [3.05, 3.63) is 42.4 Å². The summed E-state index contributed by atoms with van der Waals surface area (Å²) in [5.41, 5.74) is 2.30. The maximum atomic E-state index is 13.7. The number of nitrogens with one attached hydrogen (secondary N) is 1. The Morgan fingerprint density at radius 3 is 2.59 bits per heavy atom. The lowest BCUT2D eigenvalue weighted by Gasteiger charge is -2.47. The molecule has 2 N–H and O–H groups in total. The fraction of sp³-hybridized carbons (Fsp3) is 0.531. The van der Waals surface area contributed by atoms with Crippen molar-refractivity contribution in [3.8, 4) is 22.9 Å². The van der Waals surface area contributed by atoms with Crippen molar-refractivity contribution in [1.29, 1.82) is 5.26 Å². The summed E-state index contributed by atoms with van der Waals surface area (Å²) in [5.74, 6) is 1.92. The lowest BCUT2D eigenvalue weighted by molar-refractivity contribution is -0.134. The van der Waals surface area contributed by atoms with Crippen molar-refractivity contribution in [2.24, 2.45) is 11.3 Å². The number of carbonyl (C=O) groups excluding carboxylic acids is 1. The second-order valence-corrected chi connectivity index (χ2v) is 12.3. The van der Waals surface area contributed by atoms with Gasteiger partial charge in [-0.15, -0.1) is 0 Å². The first kappa shape index (κ1) is 31.1. The molecule has 2 aliphatic rings. The summed E-state index contributed by atoms with van der Waals surface area (Å²) in [6, 6.07) is 8.17. The van der Waals surface area contributed by atoms with E-state index in [4.69, 9.17) is 9.72 Å². The number of carboxylic acid groups (broad SMARTS) is 1. The number of carbonyl (C=O) groups is 2. The Bertz CT molecular complexity index is 1520. The van der Waals surface area contributed by atoms with Crippen LogP contribution in [0.2, 0.25) is 0 Å². The van der Waals surface area contributed by atoms with Crippen molar-refractivity contribution in [1.82, 2.24) is 29.7 Å². The average Bonchev–Trinajstić information content (AvgIpc) is 3.44. The molecule has 5 rings (SSSR count). The van der Waals surface area contributed by atoms with Gasteiger partial charge in [0, 0.05) is 69.2 Å². The molecule has 3 aromatic rings. The van der Waals surface area contributed by atoms with Crippen LogP contribution in [0.4, 0.5) is 10.6 Å². The van der Waals surface area contributed by atoms with Crippen LogP contribution >= 0.6 is 0 Å². The Labute approximate surface area is 258 Å². The Kier molecular flexibility index (Phi) is 9.25. The maximum Gasteiger partial charge on any atom is 0.407 e. The van der Waals surface area contributed by atoms with Crippen molar-refractivity contribution in [2.75, 3.05) is 57.3 Å². The van der Waals surface area contributed by atoms with Crippen LogP contribution in [0.5, 0.6) is 5.75 Å². The van der Waals surface area contributed by atoms with E-state index in [1.165, 1.54) is 4.90 Å². The smallest absolute Gasteiger partial charge is 0.407 e. The van der Waals surface area contributed by atoms with E-state index < -0.39 is 11.5 Å². The molecule has 2 aliphatic heterocycles. The number of pyridine rings is 2. The lowest BCUT2D eigenvalue weighted by atomic mass is 9.76. The second kappa shape index (κ2) is 13.1. The normalized spacial score (nSPS) is 18.8. The highest BCUT2D eigenvalue weighted by Gasteiger charge is 2.44. The molecule has 5 heterocycles. The van der Waals surface area contributed by atoms with Crippen LogP contribution < -0.4 is 15.0 Å². The monoisotopic (exact) mass is 602 g/mol. The van der Waals surface area contributed by atoms with E-state index in [2.05, 4.69) is 40.1 Å². The summed E-state index contributed by atoms with van der Waals surface area (Å²) in [6.07, 6.45) is 5.59. The van der Waals surface area contributed by atoms with Crippen LogP contribution in [0.3, 0.4) is 0 Å². The molecule has 2 saturated heterocycles. The molecule has 234 valence electrons. The zero-order chi connectivity index (χ0) is 31.4. The molecule has 12 heteroatoms. The molecular formula is C32H42N8O4. The van der Waals surface area contributed by atoms with Gasteiger partial charge in [-0.1, -0.05) is 13.8 Å². The van der Waals surface area contributed by atoms with Crippen molar-refractivity contribution in [2.45, 2.75) is 46.6 Å². The number of nitriles is 1. The van der Waals surface area contributed by atoms with Gasteiger partial charge in [0.25, 0.3) is 0 Å². The highest BCUT2D eigenvalue weighted by molar-refractivity contribution is 5.85. The van der Waals surface area contributed by atoms with E-state index in [1.807, 2.05) is 38.2 Å². The first-order valence-corrected chi connectivity index (χ1v) is 15.4. The van der Waals surface area contributed by atoms with E-state index >= 15 is 0 Å². The fourth-order valence-electron chi connectivity index (χ4n) is 6.27. The van der Waals surface area contributed by atoms with Gasteiger partial charge in [-0.25, -0.2) is 14.3 Å². The first-order chi connectivity index (χ1) is 21.1. The molecule has 0 radical (unpaired) electrons. The van der Waals surface area contributed by atoms with Gasteiger partial charge in [0.05, 0.1) is 35.5 Å². The SMILES string of the molecule is CCOc1cc(-c2ccc(N3CCC(CN4CCN(C(=O)O)CC4C)(C(=O)NCC(C)C)CC3)nc2)c2c(C#N)cnn2c1. The van der Waals surface area contributed by atoms with Crippen molar-refractivity contribution < 1.29 is 19.4 Å². The average molecular weight is 603 g/mol. The minimum absolute atomic E-state index is 0.0342. The van der Waals surface area contributed by atoms with E-state index in [0.717, 1.165) is 16.9 Å². The molecule has 1 atom stereocenters. The summed E-state index contributed by atoms with van der Waals surface area (Å²) in [4.78, 5) is 36.0. The first-order valence-electron chi connectivity index (χ1n) is 15.4. The number of rotatable bonds is 9. The van der Waals surface area contributed by atoms with E-state index in [0.29, 0.717) is 88.0 Å². The molecule has 3 aromatic heterocycles. The number of hydrogen-bond donors (Lipinski definition) is 2. The minimum Gasteiger partial charge on any atom is -0.492 e. The van der Waals surface area contributed by atoms with Gasteiger partial charge in [-0.05, 0) is 50.8 Å². The number of amides is 2. The van der Waals surface area contributed by atoms with Crippen molar-refractivity contribution >= 4 is 23.3 Å². The third-order valence-corrected chi connectivity index (χ3v) is 8.82. The number of aromatic nitrogens is 3. The molecule has 44 heavy (non-hydrogen) atoms. The quantitative estimate of drug-likeness (QED) is 0.375. The van der Waals surface area contributed by atoms with Gasteiger partial charge in [0.1, 0.15) is 17.6 Å². The molecule has 0 aromatic carbocycles. The van der Waals surface area contributed by atoms with Gasteiger partial charge in [-0.2, -0.15) is 10.4 Å². The molecule has 0 bridgehead atoms. The van der Waals surface area contributed by atoms with E-state index in [9.17, 15) is 20.0 Å². The van der Waals surface area contributed by atoms with Crippen LogP contribution in [0, 0.1) is 22.7 Å². The number of nitrogens with zero attached hydrogens (tertiary/aromatic N) is 7. The third kappa shape index (κ3) is 6.43. The van der Waals surface area contributed by atoms with Crippen LogP contribution in [0.1, 0.15) is 46.1 Å². The number of fused-ring (bicyclic) bond motifs is 1. The Morgan fingerprint density at radius 1 is 1.20 bits per heavy atom. The standard InChI is InChI=1S/C32H42N8O4/c1-5-44-26-14-27(29-25(15-33)18-36-40(29)20-26)24-6-7-28(34-17-24)37-10-8-32(9-11-37,30(41)35-16-22(2)3)21-39-13-12-38(31(42)43)19-23(39)4/h6-7,14,17-18,20,22-23H,5,8-13,16,19,21H2,1-4H3,(H,35,41)(H,42,43). The maximum absolute atomic E-state index is 13.7. The topological polar surface area (TPSA) is 139 Å². The summed E-state index contributed by atoms with van der Waals surface area (Å²) in [5, 5.41) is 26.6. The number of piperazine rings is 1. The molecule has 0 spiro atoms. The van der Waals surface area contributed by atoms with Gasteiger partial charge < -0.3 is 25.0 Å². The molecule has 2 fully saturated rings. The number of ether oxygens (including phenoxy) is 1. The van der Waals surface area contributed by atoms with Gasteiger partial charge in [-0.3, -0.25) is 9.69 Å². The van der Waals surface area contributed by atoms with Crippen molar-refractivity contribution in [3.63, 3.8) is 0 Å². The highest BCUT2D eigenvalue weighted by atomic mass is 16.5. The Morgan fingerprint density at radius 2 is 1.98 bits per heavy atom. The Balaban J connectivity index is 1.34. The summed E-state index contributed by atoms with van der Waals surface area (Å²) in [6.45, 7) is 12.7. The van der Waals surface area contributed by atoms with Crippen LogP contribution in [-0.2, 0) is 4.79 Å². The number of piperidine rings is 1. The second-order valence-electron chi connectivity index (χ2n) is 12.3. The van der Waals surface area contributed by atoms with Gasteiger partial charge >= 0.3 is 6.09 Å². The van der Waals surface area contributed by atoms with E-state index in [-0.39, 0.29) is 11.9 Å². The minimum atomic E-state index is -0.894. The van der Waals surface area contributed by atoms with Gasteiger partial charge in [0.2, 0.25) is 5.91 Å². The summed E-state index contributed by atoms with van der Waals surface area (Å²) >= 11 is 0. The zero-order valence-corrected chi connectivity index (χ0v) is 26.0. The predicted molar refractivity (Wildman–Crippen MR) is 167 cm³/mol. The number of hydrogen-bond acceptors (Lipinski definition) is 8. The van der Waals surface area contributed by atoms with Crippen LogP contribution in [-0.4, -0.2) is 100.0 Å². The molecule has 0 aliphatic carbocycles. The largest absolute Gasteiger partial charge is 0.492 e. The third-order valence-electron chi connectivity index (χ3n) is 8.82. The molecule has 0 saturated carbocycles. The van der Waals surface area contributed by atoms with Gasteiger partial charge in [0.15, 0.2) is 0 Å². The summed E-state index contributed by atoms with van der Waals surface area (Å²) in [7, 11) is 0. The van der Waals surface area contributed by atoms with E-state index in [1.54, 1.807) is 16.9 Å². The highest BCUT2D eigenvalue weighted by Crippen LogP contribution is 2.37. The lowest BCUT2D eigenvalue weighted by Crippen LogP contribution is -2.60. The molecular weight excluding hydrogens is 560 g/mol.